The van der Waals surface area contributed by atoms with Gasteiger partial charge < -0.3 is 10.6 Å². The molecule has 0 bridgehead atoms. The minimum Gasteiger partial charge on any atom is -0.352 e. The van der Waals surface area contributed by atoms with Crippen molar-refractivity contribution in [2.75, 3.05) is 0 Å². The average molecular weight is 378 g/mol. The van der Waals surface area contributed by atoms with Crippen LogP contribution in [0.2, 0.25) is 0 Å². The van der Waals surface area contributed by atoms with Crippen molar-refractivity contribution in [3.05, 3.63) is 70.8 Å². The molecule has 2 rings (SSSR count). The van der Waals surface area contributed by atoms with E-state index in [1.807, 2.05) is 31.2 Å². The maximum Gasteiger partial charge on any atom is 0.416 e. The summed E-state index contributed by atoms with van der Waals surface area (Å²) in [4.78, 5) is 23.7. The highest BCUT2D eigenvalue weighted by Gasteiger charge is 2.30. The Morgan fingerprint density at radius 3 is 2.33 bits per heavy atom. The van der Waals surface area contributed by atoms with Crippen LogP contribution in [-0.4, -0.2) is 11.8 Å². The van der Waals surface area contributed by atoms with Gasteiger partial charge in [0.05, 0.1) is 18.0 Å². The van der Waals surface area contributed by atoms with E-state index in [2.05, 4.69) is 10.6 Å². The lowest BCUT2D eigenvalue weighted by atomic mass is 10.0. The van der Waals surface area contributed by atoms with Crippen molar-refractivity contribution in [2.24, 2.45) is 0 Å². The number of halogens is 3. The lowest BCUT2D eigenvalue weighted by Crippen LogP contribution is -2.32. The second-order valence-corrected chi connectivity index (χ2v) is 6.34. The van der Waals surface area contributed by atoms with Gasteiger partial charge in [-0.2, -0.15) is 13.2 Å². The highest BCUT2D eigenvalue weighted by molar-refractivity contribution is 5.79. The van der Waals surface area contributed by atoms with E-state index in [1.165, 1.54) is 19.1 Å². The zero-order chi connectivity index (χ0) is 20.0. The summed E-state index contributed by atoms with van der Waals surface area (Å²) in [5.74, 6) is -0.641. The molecule has 0 heterocycles. The van der Waals surface area contributed by atoms with E-state index >= 15 is 0 Å². The number of nitrogens with one attached hydrogen (secondary N) is 2. The Labute approximate surface area is 155 Å². The third-order valence-corrected chi connectivity index (χ3v) is 3.99. The van der Waals surface area contributed by atoms with Gasteiger partial charge in [0, 0.05) is 13.5 Å². The van der Waals surface area contributed by atoms with E-state index in [0.717, 1.165) is 23.3 Å². The third kappa shape index (κ3) is 6.44. The van der Waals surface area contributed by atoms with Crippen molar-refractivity contribution >= 4 is 11.8 Å². The summed E-state index contributed by atoms with van der Waals surface area (Å²) in [7, 11) is 0. The number of alkyl halides is 3. The Morgan fingerprint density at radius 2 is 1.74 bits per heavy atom. The molecule has 2 N–H and O–H groups in total. The molecular weight excluding hydrogens is 357 g/mol. The van der Waals surface area contributed by atoms with Gasteiger partial charge in [-0.15, -0.1) is 0 Å². The van der Waals surface area contributed by atoms with Crippen molar-refractivity contribution in [2.45, 2.75) is 39.0 Å². The lowest BCUT2D eigenvalue weighted by Gasteiger charge is -2.18. The Hall–Kier alpha value is -2.83. The molecule has 2 aromatic rings. The van der Waals surface area contributed by atoms with Crippen molar-refractivity contribution in [3.63, 3.8) is 0 Å². The minimum absolute atomic E-state index is 0.0123. The monoisotopic (exact) mass is 378 g/mol. The van der Waals surface area contributed by atoms with Crippen LogP contribution in [0.5, 0.6) is 0 Å². The maximum absolute atomic E-state index is 12.7. The zero-order valence-corrected chi connectivity index (χ0v) is 15.1. The fourth-order valence-electron chi connectivity index (χ4n) is 2.61. The van der Waals surface area contributed by atoms with Gasteiger partial charge in [0.15, 0.2) is 0 Å². The summed E-state index contributed by atoms with van der Waals surface area (Å²) in [6.07, 6.45) is -4.44. The second-order valence-electron chi connectivity index (χ2n) is 6.34. The van der Waals surface area contributed by atoms with Crippen LogP contribution in [-0.2, 0) is 22.3 Å². The van der Waals surface area contributed by atoms with Crippen molar-refractivity contribution < 1.29 is 22.8 Å². The Morgan fingerprint density at radius 1 is 1.07 bits per heavy atom. The summed E-state index contributed by atoms with van der Waals surface area (Å²) in [6.45, 7) is 3.27. The molecule has 4 nitrogen and oxygen atoms in total. The first-order chi connectivity index (χ1) is 12.6. The molecule has 0 radical (unpaired) electrons. The van der Waals surface area contributed by atoms with E-state index in [-0.39, 0.29) is 24.8 Å². The van der Waals surface area contributed by atoms with Crippen molar-refractivity contribution in [1.82, 2.24) is 10.6 Å². The summed E-state index contributed by atoms with van der Waals surface area (Å²) in [5, 5.41) is 5.33. The fraction of sp³-hybridized carbons (Fsp3) is 0.300. The topological polar surface area (TPSA) is 58.2 Å². The van der Waals surface area contributed by atoms with E-state index in [9.17, 15) is 22.8 Å². The molecule has 0 aromatic heterocycles. The fourth-order valence-corrected chi connectivity index (χ4v) is 2.61. The number of carbonyl (C=O) groups excluding carboxylic acids is 2. The van der Waals surface area contributed by atoms with Gasteiger partial charge in [0.2, 0.25) is 11.8 Å². The van der Waals surface area contributed by atoms with Crippen LogP contribution in [0.4, 0.5) is 13.2 Å². The minimum atomic E-state index is -4.43. The molecule has 0 saturated heterocycles. The van der Waals surface area contributed by atoms with Crippen molar-refractivity contribution in [3.8, 4) is 0 Å². The summed E-state index contributed by atoms with van der Waals surface area (Å²) >= 11 is 0. The first-order valence-electron chi connectivity index (χ1n) is 8.41. The van der Waals surface area contributed by atoms with Gasteiger partial charge in [0.25, 0.3) is 0 Å². The van der Waals surface area contributed by atoms with Crippen molar-refractivity contribution in [1.29, 1.82) is 0 Å². The molecular formula is C20H21F3N2O2. The number of hydrogen-bond donors (Lipinski definition) is 2. The van der Waals surface area contributed by atoms with Crippen LogP contribution < -0.4 is 10.6 Å². The van der Waals surface area contributed by atoms with Crippen LogP contribution in [0.1, 0.15) is 41.6 Å². The second kappa shape index (κ2) is 8.70. The highest BCUT2D eigenvalue weighted by Crippen LogP contribution is 2.29. The van der Waals surface area contributed by atoms with Crippen LogP contribution in [0.25, 0.3) is 0 Å². The van der Waals surface area contributed by atoms with Gasteiger partial charge in [-0.3, -0.25) is 9.59 Å². The van der Waals surface area contributed by atoms with Crippen LogP contribution in [0.3, 0.4) is 0 Å². The van der Waals surface area contributed by atoms with Gasteiger partial charge >= 0.3 is 6.18 Å². The predicted molar refractivity (Wildman–Crippen MR) is 95.6 cm³/mol. The number of aryl methyl sites for hydroxylation is 1. The molecule has 0 aliphatic rings. The number of amides is 2. The number of hydrogen-bond acceptors (Lipinski definition) is 2. The summed E-state index contributed by atoms with van der Waals surface area (Å²) in [6, 6.07) is 11.7. The Kier molecular flexibility index (Phi) is 6.60. The first-order valence-corrected chi connectivity index (χ1v) is 8.41. The van der Waals surface area contributed by atoms with E-state index in [1.54, 1.807) is 0 Å². The summed E-state index contributed by atoms with van der Waals surface area (Å²) < 4.78 is 38.2. The van der Waals surface area contributed by atoms with E-state index < -0.39 is 17.8 Å². The molecule has 0 spiro atoms. The predicted octanol–water partition coefficient (Wildman–Crippen LogP) is 3.90. The molecule has 0 aliphatic heterocycles. The molecule has 7 heteroatoms. The molecule has 0 fully saturated rings. The lowest BCUT2D eigenvalue weighted by molar-refractivity contribution is -0.137. The third-order valence-electron chi connectivity index (χ3n) is 3.99. The smallest absolute Gasteiger partial charge is 0.352 e. The Balaban J connectivity index is 2.01. The number of rotatable bonds is 6. The Bertz CT molecular complexity index is 802. The SMILES string of the molecule is CC(=O)NC(CC(=O)NCc1cccc(C(F)(F)F)c1)c1ccc(C)cc1. The molecule has 1 unspecified atom stereocenters. The molecule has 1 atom stereocenters. The van der Waals surface area contributed by atoms with Gasteiger partial charge in [-0.1, -0.05) is 42.0 Å². The van der Waals surface area contributed by atoms with E-state index in [4.69, 9.17) is 0 Å². The first kappa shape index (κ1) is 20.5. The molecule has 2 amide bonds. The largest absolute Gasteiger partial charge is 0.416 e. The number of benzene rings is 2. The molecule has 0 saturated carbocycles. The molecule has 27 heavy (non-hydrogen) atoms. The number of carbonyl (C=O) groups is 2. The molecule has 144 valence electrons. The highest BCUT2D eigenvalue weighted by atomic mass is 19.4. The van der Waals surface area contributed by atoms with Gasteiger partial charge in [-0.25, -0.2) is 0 Å². The average Bonchev–Trinajstić information content (AvgIpc) is 2.59. The van der Waals surface area contributed by atoms with Crippen LogP contribution in [0, 0.1) is 6.92 Å². The quantitative estimate of drug-likeness (QED) is 0.801. The van der Waals surface area contributed by atoms with E-state index in [0.29, 0.717) is 5.56 Å². The molecule has 2 aromatic carbocycles. The standard InChI is InChI=1S/C20H21F3N2O2/c1-13-6-8-16(9-7-13)18(25-14(2)26)11-19(27)24-12-15-4-3-5-17(10-15)20(21,22)23/h3-10,18H,11-12H2,1-2H3,(H,24,27)(H,25,26). The maximum atomic E-state index is 12.7. The summed E-state index contributed by atoms with van der Waals surface area (Å²) in [5.41, 5.74) is 1.42. The van der Waals surface area contributed by atoms with Crippen LogP contribution in [0.15, 0.2) is 48.5 Å². The molecule has 0 aliphatic carbocycles. The zero-order valence-electron chi connectivity index (χ0n) is 15.1. The van der Waals surface area contributed by atoms with Crippen LogP contribution >= 0.6 is 0 Å². The van der Waals surface area contributed by atoms with Gasteiger partial charge in [0.1, 0.15) is 0 Å². The van der Waals surface area contributed by atoms with Gasteiger partial charge in [-0.05, 0) is 30.2 Å². The normalized spacial score (nSPS) is 12.3.